The van der Waals surface area contributed by atoms with Crippen molar-refractivity contribution < 1.29 is 17.2 Å². The normalized spacial score (nSPS) is 11.6. The van der Waals surface area contributed by atoms with Crippen molar-refractivity contribution in [1.82, 2.24) is 0 Å². The van der Waals surface area contributed by atoms with Crippen LogP contribution in [-0.4, -0.2) is 14.2 Å². The Morgan fingerprint density at radius 1 is 1.05 bits per heavy atom. The van der Waals surface area contributed by atoms with E-state index in [1.54, 1.807) is 0 Å². The van der Waals surface area contributed by atoms with Gasteiger partial charge in [0.05, 0.1) is 4.90 Å². The molecule has 6 heteroatoms. The van der Waals surface area contributed by atoms with Gasteiger partial charge in [-0.05, 0) is 42.3 Å². The zero-order valence-corrected chi connectivity index (χ0v) is 12.2. The average Bonchev–Trinajstić information content (AvgIpc) is 2.46. The maximum atomic E-state index is 12.4. The summed E-state index contributed by atoms with van der Waals surface area (Å²) in [7, 11) is -4.53. The van der Waals surface area contributed by atoms with E-state index < -0.39 is 15.6 Å². The molecule has 0 heterocycles. The van der Waals surface area contributed by atoms with Gasteiger partial charge in [-0.1, -0.05) is 24.3 Å². The first-order valence-corrected chi connectivity index (χ1v) is 7.86. The molecule has 0 amide bonds. The summed E-state index contributed by atoms with van der Waals surface area (Å²) < 4.78 is 47.4. The van der Waals surface area contributed by atoms with Crippen molar-refractivity contribution in [3.05, 3.63) is 59.7 Å². The van der Waals surface area contributed by atoms with E-state index in [0.29, 0.717) is 12.2 Å². The van der Waals surface area contributed by atoms with Crippen molar-refractivity contribution in [2.45, 2.75) is 24.1 Å². The Hall–Kier alpha value is -1.95. The Bertz CT molecular complexity index is 713. The minimum Gasteiger partial charge on any atom is -0.381 e. The van der Waals surface area contributed by atoms with Crippen molar-refractivity contribution in [3.63, 3.8) is 0 Å². The molecule has 0 aromatic heterocycles. The number of sulfone groups is 1. The van der Waals surface area contributed by atoms with Crippen LogP contribution in [0.1, 0.15) is 11.1 Å². The highest BCUT2D eigenvalue weighted by atomic mass is 32.2. The van der Waals surface area contributed by atoms with Gasteiger partial charge >= 0.3 is 5.76 Å². The molecule has 0 unspecified atom stereocenters. The van der Waals surface area contributed by atoms with Gasteiger partial charge in [-0.3, -0.25) is 0 Å². The molecule has 21 heavy (non-hydrogen) atoms. The molecule has 0 radical (unpaired) electrons. The number of benzene rings is 2. The fourth-order valence-electron chi connectivity index (χ4n) is 1.87. The van der Waals surface area contributed by atoms with E-state index in [2.05, 4.69) is 5.32 Å². The molecule has 0 fully saturated rings. The van der Waals surface area contributed by atoms with Crippen LogP contribution in [0.25, 0.3) is 0 Å². The number of nitrogens with one attached hydrogen (secondary N) is 1. The van der Waals surface area contributed by atoms with E-state index in [9.17, 15) is 17.2 Å². The van der Waals surface area contributed by atoms with E-state index in [4.69, 9.17) is 0 Å². The van der Waals surface area contributed by atoms with Crippen LogP contribution in [-0.2, 0) is 16.4 Å². The maximum absolute atomic E-state index is 12.4. The lowest BCUT2D eigenvalue weighted by atomic mass is 10.1. The average molecular weight is 311 g/mol. The van der Waals surface area contributed by atoms with Gasteiger partial charge < -0.3 is 5.32 Å². The van der Waals surface area contributed by atoms with Crippen LogP contribution >= 0.6 is 0 Å². The lowest BCUT2D eigenvalue weighted by Gasteiger charge is -2.10. The largest absolute Gasteiger partial charge is 0.381 e. The SMILES string of the molecule is Cc1ccccc1CNc1ccc(S(=O)(=O)C(F)F)cc1. The molecule has 1 N–H and O–H groups in total. The summed E-state index contributed by atoms with van der Waals surface area (Å²) in [6, 6.07) is 13.2. The Kier molecular flexibility index (Phi) is 4.57. The molecule has 0 atom stereocenters. The number of hydrogen-bond acceptors (Lipinski definition) is 3. The van der Waals surface area contributed by atoms with Crippen LogP contribution < -0.4 is 5.32 Å². The Labute approximate surface area is 122 Å². The topological polar surface area (TPSA) is 46.2 Å². The fraction of sp³-hybridized carbons (Fsp3) is 0.200. The molecular weight excluding hydrogens is 296 g/mol. The van der Waals surface area contributed by atoms with Crippen LogP contribution in [0.2, 0.25) is 0 Å². The first-order valence-electron chi connectivity index (χ1n) is 6.32. The summed E-state index contributed by atoms with van der Waals surface area (Å²) in [5, 5.41) is 3.13. The number of anilines is 1. The second kappa shape index (κ2) is 6.22. The molecule has 0 aliphatic heterocycles. The molecule has 0 saturated carbocycles. The quantitative estimate of drug-likeness (QED) is 0.917. The standard InChI is InChI=1S/C15H15F2NO2S/c1-11-4-2-3-5-12(11)10-18-13-6-8-14(9-7-13)21(19,20)15(16)17/h2-9,15,18H,10H2,1H3. The summed E-state index contributed by atoms with van der Waals surface area (Å²) in [4.78, 5) is -0.376. The molecule has 0 aliphatic rings. The van der Waals surface area contributed by atoms with Gasteiger partial charge in [-0.2, -0.15) is 8.78 Å². The summed E-state index contributed by atoms with van der Waals surface area (Å²) in [5.41, 5.74) is 2.93. The highest BCUT2D eigenvalue weighted by Gasteiger charge is 2.26. The van der Waals surface area contributed by atoms with Gasteiger partial charge in [0.15, 0.2) is 0 Å². The van der Waals surface area contributed by atoms with E-state index in [0.717, 1.165) is 11.1 Å². The molecule has 0 bridgehead atoms. The van der Waals surface area contributed by atoms with Crippen LogP contribution in [0.3, 0.4) is 0 Å². The van der Waals surface area contributed by atoms with E-state index in [-0.39, 0.29) is 4.90 Å². The molecule has 2 aromatic carbocycles. The Morgan fingerprint density at radius 2 is 1.67 bits per heavy atom. The van der Waals surface area contributed by atoms with Gasteiger partial charge in [0.1, 0.15) is 0 Å². The third kappa shape index (κ3) is 3.58. The summed E-state index contributed by atoms with van der Waals surface area (Å²) in [6.45, 7) is 2.57. The zero-order chi connectivity index (χ0) is 15.5. The Balaban J connectivity index is 2.09. The van der Waals surface area contributed by atoms with Crippen molar-refractivity contribution in [3.8, 4) is 0 Å². The summed E-state index contributed by atoms with van der Waals surface area (Å²) in [5.74, 6) is -3.40. The highest BCUT2D eigenvalue weighted by molar-refractivity contribution is 7.91. The van der Waals surface area contributed by atoms with Crippen LogP contribution in [0.4, 0.5) is 14.5 Å². The molecule has 0 aliphatic carbocycles. The van der Waals surface area contributed by atoms with Crippen LogP contribution in [0, 0.1) is 6.92 Å². The van der Waals surface area contributed by atoms with Crippen LogP contribution in [0.15, 0.2) is 53.4 Å². The minimum atomic E-state index is -4.53. The summed E-state index contributed by atoms with van der Waals surface area (Å²) in [6.07, 6.45) is 0. The fourth-order valence-corrected chi connectivity index (χ4v) is 2.59. The molecule has 2 rings (SSSR count). The second-order valence-corrected chi connectivity index (χ2v) is 6.53. The second-order valence-electron chi connectivity index (χ2n) is 4.61. The lowest BCUT2D eigenvalue weighted by molar-refractivity contribution is 0.234. The molecule has 3 nitrogen and oxygen atoms in total. The van der Waals surface area contributed by atoms with E-state index >= 15 is 0 Å². The highest BCUT2D eigenvalue weighted by Crippen LogP contribution is 2.20. The number of hydrogen-bond donors (Lipinski definition) is 1. The third-order valence-corrected chi connectivity index (χ3v) is 4.56. The number of halogens is 2. The molecule has 2 aromatic rings. The van der Waals surface area contributed by atoms with Crippen molar-refractivity contribution in [2.75, 3.05) is 5.32 Å². The van der Waals surface area contributed by atoms with Gasteiger partial charge in [-0.15, -0.1) is 0 Å². The van der Waals surface area contributed by atoms with Crippen molar-refractivity contribution in [1.29, 1.82) is 0 Å². The molecule has 112 valence electrons. The van der Waals surface area contributed by atoms with Crippen molar-refractivity contribution >= 4 is 15.5 Å². The first kappa shape index (κ1) is 15.4. The summed E-state index contributed by atoms with van der Waals surface area (Å²) >= 11 is 0. The third-order valence-electron chi connectivity index (χ3n) is 3.16. The van der Waals surface area contributed by atoms with Gasteiger partial charge in [-0.25, -0.2) is 8.42 Å². The van der Waals surface area contributed by atoms with E-state index in [1.807, 2.05) is 31.2 Å². The number of rotatable bonds is 5. The molecular formula is C15H15F2NO2S. The number of aryl methyl sites for hydroxylation is 1. The predicted molar refractivity (Wildman–Crippen MR) is 78.1 cm³/mol. The minimum absolute atomic E-state index is 0.376. The van der Waals surface area contributed by atoms with Gasteiger partial charge in [0.25, 0.3) is 0 Å². The van der Waals surface area contributed by atoms with Gasteiger partial charge in [0.2, 0.25) is 9.84 Å². The molecule has 0 spiro atoms. The monoisotopic (exact) mass is 311 g/mol. The Morgan fingerprint density at radius 3 is 2.24 bits per heavy atom. The first-order chi connectivity index (χ1) is 9.91. The van der Waals surface area contributed by atoms with Gasteiger partial charge in [0, 0.05) is 12.2 Å². The lowest BCUT2D eigenvalue weighted by Crippen LogP contribution is -2.11. The number of alkyl halides is 2. The molecule has 0 saturated heterocycles. The van der Waals surface area contributed by atoms with E-state index in [1.165, 1.54) is 24.3 Å². The maximum Gasteiger partial charge on any atom is 0.341 e. The van der Waals surface area contributed by atoms with Crippen molar-refractivity contribution in [2.24, 2.45) is 0 Å². The van der Waals surface area contributed by atoms with Crippen LogP contribution in [0.5, 0.6) is 0 Å². The smallest absolute Gasteiger partial charge is 0.341 e. The zero-order valence-electron chi connectivity index (χ0n) is 11.4. The predicted octanol–water partition coefficient (Wildman–Crippen LogP) is 3.60.